The van der Waals surface area contributed by atoms with Crippen LogP contribution in [0, 0.1) is 5.82 Å². The first kappa shape index (κ1) is 11.6. The van der Waals surface area contributed by atoms with Gasteiger partial charge < -0.3 is 0 Å². The largest absolute Gasteiger partial charge is 0.328 e. The highest BCUT2D eigenvalue weighted by atomic mass is 19.1. The van der Waals surface area contributed by atoms with Crippen LogP contribution in [0.3, 0.4) is 0 Å². The number of nitrogens with zero attached hydrogens (tertiary/aromatic N) is 1. The highest BCUT2D eigenvalue weighted by Gasteiger charge is 2.24. The number of hydrogen-bond donors (Lipinski definition) is 1. The fraction of sp³-hybridized carbons (Fsp3) is 0.333. The van der Waals surface area contributed by atoms with E-state index in [4.69, 9.17) is 0 Å². The van der Waals surface area contributed by atoms with E-state index in [0.717, 1.165) is 0 Å². The summed E-state index contributed by atoms with van der Waals surface area (Å²) in [6.45, 7) is 2.15. The third-order valence-electron chi connectivity index (χ3n) is 2.78. The Morgan fingerprint density at radius 1 is 1.41 bits per heavy atom. The highest BCUT2D eigenvalue weighted by molar-refractivity contribution is 6.05. The molecule has 0 bridgehead atoms. The first-order valence-corrected chi connectivity index (χ1v) is 5.51. The molecule has 1 fully saturated rings. The SMILES string of the molecule is CCc1ccc(N2CCC(=O)NC2=O)cc1F. The second kappa shape index (κ2) is 4.53. The van der Waals surface area contributed by atoms with Gasteiger partial charge in [0, 0.05) is 18.7 Å². The average molecular weight is 236 g/mol. The maximum Gasteiger partial charge on any atom is 0.328 e. The van der Waals surface area contributed by atoms with E-state index in [1.54, 1.807) is 12.1 Å². The van der Waals surface area contributed by atoms with E-state index in [0.29, 0.717) is 17.7 Å². The van der Waals surface area contributed by atoms with Crippen LogP contribution in [0.25, 0.3) is 0 Å². The fourth-order valence-corrected chi connectivity index (χ4v) is 1.80. The molecule has 0 saturated carbocycles. The zero-order valence-electron chi connectivity index (χ0n) is 9.50. The van der Waals surface area contributed by atoms with Crippen molar-refractivity contribution in [2.24, 2.45) is 0 Å². The van der Waals surface area contributed by atoms with E-state index in [2.05, 4.69) is 5.32 Å². The number of benzene rings is 1. The van der Waals surface area contributed by atoms with Crippen molar-refractivity contribution >= 4 is 17.6 Å². The Morgan fingerprint density at radius 2 is 2.18 bits per heavy atom. The van der Waals surface area contributed by atoms with Crippen LogP contribution >= 0.6 is 0 Å². The Hall–Kier alpha value is -1.91. The summed E-state index contributed by atoms with van der Waals surface area (Å²) in [6, 6.07) is 4.18. The molecule has 0 aliphatic carbocycles. The maximum absolute atomic E-state index is 13.6. The average Bonchev–Trinajstić information content (AvgIpc) is 2.29. The molecule has 3 amide bonds. The third kappa shape index (κ3) is 2.27. The molecule has 90 valence electrons. The van der Waals surface area contributed by atoms with Crippen molar-refractivity contribution in [1.82, 2.24) is 5.32 Å². The number of aryl methyl sites for hydroxylation is 1. The van der Waals surface area contributed by atoms with Gasteiger partial charge in [0.2, 0.25) is 5.91 Å². The van der Waals surface area contributed by atoms with Crippen molar-refractivity contribution < 1.29 is 14.0 Å². The van der Waals surface area contributed by atoms with Crippen LogP contribution in [-0.2, 0) is 11.2 Å². The molecule has 0 unspecified atom stereocenters. The molecule has 4 nitrogen and oxygen atoms in total. The fourth-order valence-electron chi connectivity index (χ4n) is 1.80. The molecule has 2 rings (SSSR count). The molecule has 1 aliphatic rings. The first-order valence-electron chi connectivity index (χ1n) is 5.51. The highest BCUT2D eigenvalue weighted by Crippen LogP contribution is 2.20. The smallest absolute Gasteiger partial charge is 0.294 e. The molecule has 17 heavy (non-hydrogen) atoms. The van der Waals surface area contributed by atoms with Crippen LogP contribution in [-0.4, -0.2) is 18.5 Å². The minimum atomic E-state index is -0.495. The molecule has 0 aromatic heterocycles. The van der Waals surface area contributed by atoms with Gasteiger partial charge in [-0.2, -0.15) is 0 Å². The summed E-state index contributed by atoms with van der Waals surface area (Å²) in [5, 5.41) is 2.20. The van der Waals surface area contributed by atoms with E-state index in [9.17, 15) is 14.0 Å². The Labute approximate surface area is 98.4 Å². The van der Waals surface area contributed by atoms with Gasteiger partial charge in [0.05, 0.1) is 0 Å². The number of imide groups is 1. The predicted octanol–water partition coefficient (Wildman–Crippen LogP) is 1.83. The van der Waals surface area contributed by atoms with Crippen molar-refractivity contribution in [1.29, 1.82) is 0 Å². The Kier molecular flexibility index (Phi) is 3.08. The van der Waals surface area contributed by atoms with Crippen LogP contribution in [0.2, 0.25) is 0 Å². The molecule has 1 heterocycles. The summed E-state index contributed by atoms with van der Waals surface area (Å²) in [6.07, 6.45) is 0.847. The predicted molar refractivity (Wildman–Crippen MR) is 61.3 cm³/mol. The lowest BCUT2D eigenvalue weighted by molar-refractivity contribution is -0.120. The van der Waals surface area contributed by atoms with Gasteiger partial charge in [0.25, 0.3) is 0 Å². The van der Waals surface area contributed by atoms with Crippen molar-refractivity contribution in [2.75, 3.05) is 11.4 Å². The monoisotopic (exact) mass is 236 g/mol. The van der Waals surface area contributed by atoms with E-state index in [-0.39, 0.29) is 24.7 Å². The summed E-state index contributed by atoms with van der Waals surface area (Å²) in [5.41, 5.74) is 1.09. The van der Waals surface area contributed by atoms with E-state index >= 15 is 0 Å². The van der Waals surface area contributed by atoms with Gasteiger partial charge in [-0.15, -0.1) is 0 Å². The number of nitrogens with one attached hydrogen (secondary N) is 1. The molecule has 1 aromatic carbocycles. The zero-order valence-corrected chi connectivity index (χ0v) is 9.50. The van der Waals surface area contributed by atoms with Crippen molar-refractivity contribution in [3.05, 3.63) is 29.6 Å². The van der Waals surface area contributed by atoms with Crippen LogP contribution in [0.5, 0.6) is 0 Å². The summed E-state index contributed by atoms with van der Waals surface area (Å²) in [4.78, 5) is 23.9. The molecule has 1 N–H and O–H groups in total. The number of urea groups is 1. The molecule has 0 spiro atoms. The number of amides is 3. The molecule has 1 saturated heterocycles. The molecule has 0 radical (unpaired) electrons. The third-order valence-corrected chi connectivity index (χ3v) is 2.78. The number of carbonyl (C=O) groups is 2. The van der Waals surface area contributed by atoms with E-state index in [1.807, 2.05) is 6.92 Å². The first-order chi connectivity index (χ1) is 8.11. The minimum Gasteiger partial charge on any atom is -0.294 e. The number of hydrogen-bond acceptors (Lipinski definition) is 2. The number of rotatable bonds is 2. The zero-order chi connectivity index (χ0) is 12.4. The van der Waals surface area contributed by atoms with E-state index in [1.165, 1.54) is 11.0 Å². The van der Waals surface area contributed by atoms with Crippen LogP contribution in [0.1, 0.15) is 18.9 Å². The Bertz CT molecular complexity index is 474. The second-order valence-electron chi connectivity index (χ2n) is 3.88. The minimum absolute atomic E-state index is 0.239. The van der Waals surface area contributed by atoms with Crippen molar-refractivity contribution in [2.45, 2.75) is 19.8 Å². The van der Waals surface area contributed by atoms with Crippen molar-refractivity contribution in [3.63, 3.8) is 0 Å². The topological polar surface area (TPSA) is 49.4 Å². The summed E-state index contributed by atoms with van der Waals surface area (Å²) in [7, 11) is 0. The van der Waals surface area contributed by atoms with Gasteiger partial charge in [-0.3, -0.25) is 15.0 Å². The summed E-state index contributed by atoms with van der Waals surface area (Å²) in [5.74, 6) is -0.619. The molecule has 0 atom stereocenters. The Balaban J connectivity index is 2.25. The quantitative estimate of drug-likeness (QED) is 0.851. The second-order valence-corrected chi connectivity index (χ2v) is 3.88. The van der Waals surface area contributed by atoms with Gasteiger partial charge in [0.1, 0.15) is 5.82 Å². The summed E-state index contributed by atoms with van der Waals surface area (Å²) >= 11 is 0. The lowest BCUT2D eigenvalue weighted by Gasteiger charge is -2.26. The summed E-state index contributed by atoms with van der Waals surface area (Å²) < 4.78 is 13.6. The van der Waals surface area contributed by atoms with Gasteiger partial charge in [0.15, 0.2) is 0 Å². The van der Waals surface area contributed by atoms with Gasteiger partial charge in [-0.1, -0.05) is 13.0 Å². The molecular formula is C12H13FN2O2. The lowest BCUT2D eigenvalue weighted by Crippen LogP contribution is -2.49. The standard InChI is InChI=1S/C12H13FN2O2/c1-2-8-3-4-9(7-10(8)13)15-6-5-11(16)14-12(15)17/h3-4,7H,2,5-6H2,1H3,(H,14,16,17). The maximum atomic E-state index is 13.6. The number of carbonyl (C=O) groups excluding carboxylic acids is 2. The number of halogens is 1. The van der Waals surface area contributed by atoms with Gasteiger partial charge in [-0.25, -0.2) is 9.18 Å². The van der Waals surface area contributed by atoms with Crippen LogP contribution < -0.4 is 10.2 Å². The number of anilines is 1. The van der Waals surface area contributed by atoms with Gasteiger partial charge in [-0.05, 0) is 24.1 Å². The lowest BCUT2D eigenvalue weighted by atomic mass is 10.1. The molecule has 1 aliphatic heterocycles. The molecule has 1 aromatic rings. The van der Waals surface area contributed by atoms with Crippen molar-refractivity contribution in [3.8, 4) is 0 Å². The molecular weight excluding hydrogens is 223 g/mol. The van der Waals surface area contributed by atoms with E-state index < -0.39 is 6.03 Å². The van der Waals surface area contributed by atoms with Gasteiger partial charge >= 0.3 is 6.03 Å². The van der Waals surface area contributed by atoms with Crippen LogP contribution in [0.15, 0.2) is 18.2 Å². The Morgan fingerprint density at radius 3 is 2.76 bits per heavy atom. The van der Waals surface area contributed by atoms with Crippen LogP contribution in [0.4, 0.5) is 14.9 Å². The normalized spacial score (nSPS) is 16.0. The molecule has 5 heteroatoms.